The summed E-state index contributed by atoms with van der Waals surface area (Å²) in [5, 5.41) is 13.1. The molecule has 1 aromatic rings. The molecule has 1 aromatic heterocycles. The van der Waals surface area contributed by atoms with Crippen molar-refractivity contribution in [2.45, 2.75) is 45.6 Å². The third-order valence-corrected chi connectivity index (χ3v) is 4.95. The van der Waals surface area contributed by atoms with Gasteiger partial charge in [0.05, 0.1) is 10.7 Å². The largest absolute Gasteiger partial charge is 0.396 e. The van der Waals surface area contributed by atoms with E-state index in [1.807, 2.05) is 19.1 Å². The molecule has 0 radical (unpaired) electrons. The van der Waals surface area contributed by atoms with Gasteiger partial charge in [0.2, 0.25) is 0 Å². The van der Waals surface area contributed by atoms with E-state index in [1.165, 1.54) is 11.3 Å². The molecule has 1 aliphatic rings. The van der Waals surface area contributed by atoms with Gasteiger partial charge in [-0.3, -0.25) is 4.79 Å². The SMILES string of the molecule is Cc1nc(C(C)(C)C)sc1C(=O)N[C@@H]1C=C[C@H](CO)C1. The maximum absolute atomic E-state index is 12.3. The third-order valence-electron chi connectivity index (χ3n) is 3.37. The average molecular weight is 294 g/mol. The summed E-state index contributed by atoms with van der Waals surface area (Å²) in [6, 6.07) is 0.0132. The lowest BCUT2D eigenvalue weighted by Crippen LogP contribution is -2.32. The van der Waals surface area contributed by atoms with Crippen LogP contribution in [0.25, 0.3) is 0 Å². The summed E-state index contributed by atoms with van der Waals surface area (Å²) in [4.78, 5) is 17.5. The standard InChI is InChI=1S/C15H22N2O2S/c1-9-12(20-14(16-9)15(2,3)4)13(19)17-11-6-5-10(7-11)8-18/h5-6,10-11,18H,7-8H2,1-4H3,(H,17,19)/t10-,11+/m0/s1. The number of amides is 1. The molecule has 0 spiro atoms. The number of carbonyl (C=O) groups is 1. The van der Waals surface area contributed by atoms with Gasteiger partial charge in [-0.15, -0.1) is 11.3 Å². The summed E-state index contributed by atoms with van der Waals surface area (Å²) in [6.45, 7) is 8.30. The Balaban J connectivity index is 2.07. The predicted molar refractivity (Wildman–Crippen MR) is 81.1 cm³/mol. The van der Waals surface area contributed by atoms with E-state index >= 15 is 0 Å². The van der Waals surface area contributed by atoms with Crippen LogP contribution < -0.4 is 5.32 Å². The van der Waals surface area contributed by atoms with Gasteiger partial charge in [-0.1, -0.05) is 32.9 Å². The van der Waals surface area contributed by atoms with Crippen molar-refractivity contribution >= 4 is 17.2 Å². The van der Waals surface area contributed by atoms with Crippen LogP contribution in [0.3, 0.4) is 0 Å². The van der Waals surface area contributed by atoms with Crippen molar-refractivity contribution in [1.29, 1.82) is 0 Å². The van der Waals surface area contributed by atoms with Gasteiger partial charge in [0.25, 0.3) is 5.91 Å². The number of hydrogen-bond donors (Lipinski definition) is 2. The summed E-state index contributed by atoms with van der Waals surface area (Å²) in [6.07, 6.45) is 4.69. The third kappa shape index (κ3) is 3.27. The minimum atomic E-state index is -0.0660. The Hall–Kier alpha value is -1.20. The highest BCUT2D eigenvalue weighted by atomic mass is 32.1. The normalized spacial score (nSPS) is 22.2. The first kappa shape index (κ1) is 15.2. The van der Waals surface area contributed by atoms with Gasteiger partial charge in [-0.05, 0) is 13.3 Å². The molecule has 1 aliphatic carbocycles. The number of thiazole rings is 1. The van der Waals surface area contributed by atoms with Crippen LogP contribution >= 0.6 is 11.3 Å². The lowest BCUT2D eigenvalue weighted by Gasteiger charge is -2.13. The molecule has 0 bridgehead atoms. The van der Waals surface area contributed by atoms with Crippen molar-refractivity contribution in [1.82, 2.24) is 10.3 Å². The van der Waals surface area contributed by atoms with Gasteiger partial charge in [0, 0.05) is 24.0 Å². The number of hydrogen-bond acceptors (Lipinski definition) is 4. The molecule has 2 N–H and O–H groups in total. The number of aromatic nitrogens is 1. The Bertz CT molecular complexity index is 528. The highest BCUT2D eigenvalue weighted by Gasteiger charge is 2.25. The molecule has 2 atom stereocenters. The summed E-state index contributed by atoms with van der Waals surface area (Å²) >= 11 is 1.47. The molecule has 1 heterocycles. The van der Waals surface area contributed by atoms with Gasteiger partial charge in [0.1, 0.15) is 4.88 Å². The fraction of sp³-hybridized carbons (Fsp3) is 0.600. The first-order valence-electron chi connectivity index (χ1n) is 6.89. The van der Waals surface area contributed by atoms with E-state index in [-0.39, 0.29) is 29.9 Å². The Morgan fingerprint density at radius 2 is 2.20 bits per heavy atom. The number of aliphatic hydroxyl groups is 1. The molecule has 2 rings (SSSR count). The number of rotatable bonds is 3. The summed E-state index contributed by atoms with van der Waals surface area (Å²) in [7, 11) is 0. The molecule has 0 saturated carbocycles. The van der Waals surface area contributed by atoms with E-state index in [1.54, 1.807) is 0 Å². The molecule has 0 aliphatic heterocycles. The van der Waals surface area contributed by atoms with Crippen LogP contribution in [0.1, 0.15) is 47.6 Å². The molecule has 0 saturated heterocycles. The lowest BCUT2D eigenvalue weighted by atomic mass is 9.98. The predicted octanol–water partition coefficient (Wildman–Crippen LogP) is 2.42. The van der Waals surface area contributed by atoms with Crippen LogP contribution in [0, 0.1) is 12.8 Å². The fourth-order valence-electron chi connectivity index (χ4n) is 2.18. The first-order chi connectivity index (χ1) is 9.31. The highest BCUT2D eigenvalue weighted by molar-refractivity contribution is 7.14. The first-order valence-corrected chi connectivity index (χ1v) is 7.71. The fourth-order valence-corrected chi connectivity index (χ4v) is 3.21. The van der Waals surface area contributed by atoms with Crippen molar-refractivity contribution in [2.24, 2.45) is 5.92 Å². The molecule has 0 fully saturated rings. The van der Waals surface area contributed by atoms with Crippen LogP contribution in [0.4, 0.5) is 0 Å². The maximum Gasteiger partial charge on any atom is 0.263 e. The number of aliphatic hydroxyl groups excluding tert-OH is 1. The molecule has 1 amide bonds. The Morgan fingerprint density at radius 1 is 1.50 bits per heavy atom. The summed E-state index contributed by atoms with van der Waals surface area (Å²) in [5.74, 6) is 0.0942. The van der Waals surface area contributed by atoms with Gasteiger partial charge in [0.15, 0.2) is 0 Å². The zero-order valence-electron chi connectivity index (χ0n) is 12.4. The second kappa shape index (κ2) is 5.66. The molecular weight excluding hydrogens is 272 g/mol. The molecule has 5 heteroatoms. The zero-order chi connectivity index (χ0) is 14.9. The van der Waals surface area contributed by atoms with Gasteiger partial charge in [-0.25, -0.2) is 4.98 Å². The smallest absolute Gasteiger partial charge is 0.263 e. The summed E-state index contributed by atoms with van der Waals surface area (Å²) in [5.41, 5.74) is 0.751. The van der Waals surface area contributed by atoms with Crippen molar-refractivity contribution in [3.63, 3.8) is 0 Å². The molecule has 110 valence electrons. The maximum atomic E-state index is 12.3. The lowest BCUT2D eigenvalue weighted by molar-refractivity contribution is 0.0944. The molecule has 4 nitrogen and oxygen atoms in total. The number of nitrogens with one attached hydrogen (secondary N) is 1. The molecular formula is C15H22N2O2S. The highest BCUT2D eigenvalue weighted by Crippen LogP contribution is 2.29. The number of aryl methyl sites for hydroxylation is 1. The Kier molecular flexibility index (Phi) is 4.30. The van der Waals surface area contributed by atoms with Crippen molar-refractivity contribution in [2.75, 3.05) is 6.61 Å². The van der Waals surface area contributed by atoms with Crippen LogP contribution in [-0.2, 0) is 5.41 Å². The monoisotopic (exact) mass is 294 g/mol. The van der Waals surface area contributed by atoms with Gasteiger partial charge < -0.3 is 10.4 Å². The minimum absolute atomic E-state index is 0.0132. The van der Waals surface area contributed by atoms with Crippen LogP contribution in [-0.4, -0.2) is 28.6 Å². The van der Waals surface area contributed by atoms with E-state index in [4.69, 9.17) is 5.11 Å². The topological polar surface area (TPSA) is 62.2 Å². The van der Waals surface area contributed by atoms with Crippen molar-refractivity contribution in [3.05, 3.63) is 27.7 Å². The van der Waals surface area contributed by atoms with Crippen LogP contribution in [0.2, 0.25) is 0 Å². The number of carbonyl (C=O) groups excluding carboxylic acids is 1. The molecule has 0 unspecified atom stereocenters. The van der Waals surface area contributed by atoms with Gasteiger partial charge >= 0.3 is 0 Å². The zero-order valence-corrected chi connectivity index (χ0v) is 13.3. The van der Waals surface area contributed by atoms with Crippen LogP contribution in [0.15, 0.2) is 12.2 Å². The average Bonchev–Trinajstić information content (AvgIpc) is 2.94. The Morgan fingerprint density at radius 3 is 2.70 bits per heavy atom. The van der Waals surface area contributed by atoms with Crippen molar-refractivity contribution < 1.29 is 9.90 Å². The van der Waals surface area contributed by atoms with E-state index < -0.39 is 0 Å². The summed E-state index contributed by atoms with van der Waals surface area (Å²) < 4.78 is 0. The quantitative estimate of drug-likeness (QED) is 0.842. The number of nitrogens with zero attached hydrogens (tertiary/aromatic N) is 1. The second-order valence-electron chi connectivity index (χ2n) is 6.33. The van der Waals surface area contributed by atoms with E-state index in [2.05, 4.69) is 31.1 Å². The molecule has 20 heavy (non-hydrogen) atoms. The van der Waals surface area contributed by atoms with E-state index in [9.17, 15) is 4.79 Å². The Labute approximate surface area is 123 Å². The second-order valence-corrected chi connectivity index (χ2v) is 7.33. The van der Waals surface area contributed by atoms with Gasteiger partial charge in [-0.2, -0.15) is 0 Å². The van der Waals surface area contributed by atoms with Crippen molar-refractivity contribution in [3.8, 4) is 0 Å². The van der Waals surface area contributed by atoms with Crippen LogP contribution in [0.5, 0.6) is 0 Å². The van der Waals surface area contributed by atoms with E-state index in [0.717, 1.165) is 17.1 Å². The minimum Gasteiger partial charge on any atom is -0.396 e. The molecule has 0 aromatic carbocycles. The van der Waals surface area contributed by atoms with E-state index in [0.29, 0.717) is 4.88 Å².